The van der Waals surface area contributed by atoms with Crippen LogP contribution in [0, 0.1) is 11.6 Å². The van der Waals surface area contributed by atoms with Crippen LogP contribution in [0.25, 0.3) is 16.7 Å². The van der Waals surface area contributed by atoms with Crippen molar-refractivity contribution in [3.05, 3.63) is 63.9 Å². The van der Waals surface area contributed by atoms with E-state index in [0.717, 1.165) is 48.8 Å². The molecule has 12 heteroatoms. The van der Waals surface area contributed by atoms with Crippen LogP contribution in [0.5, 0.6) is 0 Å². The summed E-state index contributed by atoms with van der Waals surface area (Å²) in [6, 6.07) is 4.79. The normalized spacial score (nSPS) is 15.0. The molecule has 186 valence electrons. The molecule has 1 unspecified atom stereocenters. The van der Waals surface area contributed by atoms with Gasteiger partial charge in [-0.3, -0.25) is 18.9 Å². The number of pyridine rings is 2. The molecule has 0 radical (unpaired) electrons. The molecule has 1 aromatic carbocycles. The topological polar surface area (TPSA) is 76.5 Å². The van der Waals surface area contributed by atoms with Crippen molar-refractivity contribution in [3.8, 4) is 5.69 Å². The number of carbonyl (C=O) groups is 1. The van der Waals surface area contributed by atoms with Crippen molar-refractivity contribution >= 4 is 22.8 Å². The molecular weight excluding hydrogens is 475 g/mol. The highest BCUT2D eigenvalue weighted by Gasteiger charge is 2.30. The van der Waals surface area contributed by atoms with E-state index in [1.54, 1.807) is 6.07 Å². The van der Waals surface area contributed by atoms with Crippen molar-refractivity contribution in [2.75, 3.05) is 24.6 Å². The summed E-state index contributed by atoms with van der Waals surface area (Å²) in [6.45, 7) is 1.91. The summed E-state index contributed by atoms with van der Waals surface area (Å²) in [5, 5.41) is 2.26. The lowest BCUT2D eigenvalue weighted by molar-refractivity contribution is -0.325. The highest BCUT2D eigenvalue weighted by Crippen LogP contribution is 2.24. The van der Waals surface area contributed by atoms with Crippen LogP contribution in [-0.2, 0) is 4.74 Å². The zero-order valence-electron chi connectivity index (χ0n) is 18.5. The Bertz CT molecular complexity index is 1320. The van der Waals surface area contributed by atoms with Gasteiger partial charge in [0.2, 0.25) is 5.43 Å². The fraction of sp³-hybridized carbons (Fsp3) is 0.348. The lowest BCUT2D eigenvalue weighted by atomic mass is 10.1. The monoisotopic (exact) mass is 496 g/mol. The standard InChI is InChI=1S/C23H21F5N4O3/c1-13(12-35-23(26,27)28)29-22(34)16-11-32(18-6-4-14(24)10-17(18)25)21-15(20(16)33)5-7-19(30-21)31-8-2-3-9-31/h4-7,10-11,13H,2-3,8-9,12H2,1H3,(H,29,34). The van der Waals surface area contributed by atoms with Gasteiger partial charge in [0, 0.05) is 25.4 Å². The Hall–Kier alpha value is -3.54. The van der Waals surface area contributed by atoms with Gasteiger partial charge in [-0.25, -0.2) is 13.8 Å². The fourth-order valence-corrected chi connectivity index (χ4v) is 3.90. The minimum Gasteiger partial charge on any atom is -0.357 e. The Morgan fingerprint density at radius 3 is 2.54 bits per heavy atom. The maximum Gasteiger partial charge on any atom is 0.522 e. The first-order valence-corrected chi connectivity index (χ1v) is 10.8. The van der Waals surface area contributed by atoms with Gasteiger partial charge in [-0.05, 0) is 44.0 Å². The number of fused-ring (bicyclic) bond motifs is 1. The minimum absolute atomic E-state index is 0.0106. The summed E-state index contributed by atoms with van der Waals surface area (Å²) in [5.41, 5.74) is -1.30. The van der Waals surface area contributed by atoms with Crippen LogP contribution in [0.2, 0.25) is 0 Å². The first-order valence-electron chi connectivity index (χ1n) is 10.8. The highest BCUT2D eigenvalue weighted by atomic mass is 19.4. The number of hydrogen-bond acceptors (Lipinski definition) is 5. The van der Waals surface area contributed by atoms with Crippen LogP contribution < -0.4 is 15.6 Å². The molecule has 7 nitrogen and oxygen atoms in total. The van der Waals surface area contributed by atoms with Gasteiger partial charge in [-0.1, -0.05) is 0 Å². The zero-order valence-corrected chi connectivity index (χ0v) is 18.5. The van der Waals surface area contributed by atoms with Crippen LogP contribution in [0.3, 0.4) is 0 Å². The molecule has 4 rings (SSSR count). The van der Waals surface area contributed by atoms with Crippen molar-refractivity contribution < 1.29 is 31.5 Å². The molecule has 1 fully saturated rings. The lowest BCUT2D eigenvalue weighted by Crippen LogP contribution is -2.39. The van der Waals surface area contributed by atoms with Crippen LogP contribution in [-0.4, -0.2) is 47.6 Å². The van der Waals surface area contributed by atoms with Gasteiger partial charge in [0.15, 0.2) is 5.65 Å². The number of alkyl halides is 3. The van der Waals surface area contributed by atoms with Gasteiger partial charge in [0.1, 0.15) is 23.0 Å². The molecule has 2 aromatic heterocycles. The van der Waals surface area contributed by atoms with Gasteiger partial charge in [0.05, 0.1) is 23.7 Å². The number of benzene rings is 1. The SMILES string of the molecule is CC(COC(F)(F)F)NC(=O)c1cn(-c2ccc(F)cc2F)c2nc(N3CCCC3)ccc2c1=O. The third kappa shape index (κ3) is 5.42. The number of halogens is 5. The number of carbonyl (C=O) groups excluding carboxylic acids is 1. The summed E-state index contributed by atoms with van der Waals surface area (Å²) in [6.07, 6.45) is -1.90. The molecule has 1 N–H and O–H groups in total. The summed E-state index contributed by atoms with van der Waals surface area (Å²) >= 11 is 0. The number of ether oxygens (including phenoxy) is 1. The molecule has 1 aliphatic rings. The second kappa shape index (κ2) is 9.61. The van der Waals surface area contributed by atoms with E-state index in [1.807, 2.05) is 4.90 Å². The van der Waals surface area contributed by atoms with E-state index < -0.39 is 47.5 Å². The van der Waals surface area contributed by atoms with Crippen molar-refractivity contribution in [1.82, 2.24) is 14.9 Å². The summed E-state index contributed by atoms with van der Waals surface area (Å²) in [5.74, 6) is -2.20. The lowest BCUT2D eigenvalue weighted by Gasteiger charge is -2.19. The largest absolute Gasteiger partial charge is 0.522 e. The van der Waals surface area contributed by atoms with Crippen molar-refractivity contribution in [3.63, 3.8) is 0 Å². The van der Waals surface area contributed by atoms with Gasteiger partial charge >= 0.3 is 6.36 Å². The third-order valence-corrected chi connectivity index (χ3v) is 5.55. The third-order valence-electron chi connectivity index (χ3n) is 5.55. The van der Waals surface area contributed by atoms with E-state index in [9.17, 15) is 31.5 Å². The number of hydrogen-bond donors (Lipinski definition) is 1. The fourth-order valence-electron chi connectivity index (χ4n) is 3.90. The van der Waals surface area contributed by atoms with Crippen molar-refractivity contribution in [2.24, 2.45) is 0 Å². The Labute approximate surface area is 196 Å². The van der Waals surface area contributed by atoms with Crippen molar-refractivity contribution in [2.45, 2.75) is 32.2 Å². The van der Waals surface area contributed by atoms with E-state index in [-0.39, 0.29) is 16.7 Å². The van der Waals surface area contributed by atoms with Gasteiger partial charge < -0.3 is 10.2 Å². The maximum atomic E-state index is 14.7. The smallest absolute Gasteiger partial charge is 0.357 e. The summed E-state index contributed by atoms with van der Waals surface area (Å²) in [7, 11) is 0. The molecule has 0 aliphatic carbocycles. The van der Waals surface area contributed by atoms with Crippen LogP contribution >= 0.6 is 0 Å². The first-order chi connectivity index (χ1) is 16.5. The Morgan fingerprint density at radius 1 is 1.17 bits per heavy atom. The molecule has 1 saturated heterocycles. The van der Waals surface area contributed by atoms with Gasteiger partial charge in [-0.2, -0.15) is 0 Å². The molecule has 1 amide bonds. The summed E-state index contributed by atoms with van der Waals surface area (Å²) < 4.78 is 70.1. The van der Waals surface area contributed by atoms with Crippen LogP contribution in [0.1, 0.15) is 30.1 Å². The van der Waals surface area contributed by atoms with Crippen LogP contribution in [0.15, 0.2) is 41.3 Å². The van der Waals surface area contributed by atoms with Crippen molar-refractivity contribution in [1.29, 1.82) is 0 Å². The van der Waals surface area contributed by atoms with E-state index in [1.165, 1.54) is 13.0 Å². The number of aromatic nitrogens is 2. The molecular formula is C23H21F5N4O3. The van der Waals surface area contributed by atoms with E-state index in [4.69, 9.17) is 0 Å². The van der Waals surface area contributed by atoms with Gasteiger partial charge in [-0.15, -0.1) is 13.2 Å². The van der Waals surface area contributed by atoms with E-state index in [2.05, 4.69) is 15.0 Å². The van der Waals surface area contributed by atoms with E-state index >= 15 is 0 Å². The number of nitrogens with zero attached hydrogens (tertiary/aromatic N) is 3. The molecule has 1 aliphatic heterocycles. The maximum absolute atomic E-state index is 14.7. The molecule has 3 heterocycles. The molecule has 0 bridgehead atoms. The number of nitrogens with one attached hydrogen (secondary N) is 1. The Morgan fingerprint density at radius 2 is 1.89 bits per heavy atom. The molecule has 0 spiro atoms. The number of anilines is 1. The predicted octanol–water partition coefficient (Wildman–Crippen LogP) is 3.92. The quantitative estimate of drug-likeness (QED) is 0.524. The molecule has 35 heavy (non-hydrogen) atoms. The minimum atomic E-state index is -4.88. The van der Waals surface area contributed by atoms with Crippen LogP contribution in [0.4, 0.5) is 27.8 Å². The zero-order chi connectivity index (χ0) is 25.3. The number of rotatable bonds is 6. The molecule has 3 aromatic rings. The second-order valence-electron chi connectivity index (χ2n) is 8.20. The Kier molecular flexibility index (Phi) is 6.75. The molecule has 0 saturated carbocycles. The average molecular weight is 496 g/mol. The first kappa shape index (κ1) is 24.6. The number of amides is 1. The molecule has 1 atom stereocenters. The second-order valence-corrected chi connectivity index (χ2v) is 8.20. The summed E-state index contributed by atoms with van der Waals surface area (Å²) in [4.78, 5) is 32.5. The highest BCUT2D eigenvalue weighted by molar-refractivity contribution is 5.97. The average Bonchev–Trinajstić information content (AvgIpc) is 3.33. The predicted molar refractivity (Wildman–Crippen MR) is 118 cm³/mol. The van der Waals surface area contributed by atoms with E-state index in [0.29, 0.717) is 11.9 Å². The van der Waals surface area contributed by atoms with Gasteiger partial charge in [0.25, 0.3) is 5.91 Å². The Balaban J connectivity index is 1.80.